The fourth-order valence-corrected chi connectivity index (χ4v) is 2.72. The van der Waals surface area contributed by atoms with Gasteiger partial charge in [0.1, 0.15) is 11.4 Å². The zero-order chi connectivity index (χ0) is 15.8. The van der Waals surface area contributed by atoms with Crippen molar-refractivity contribution in [3.63, 3.8) is 0 Å². The molecule has 0 N–H and O–H groups in total. The van der Waals surface area contributed by atoms with Crippen LogP contribution in [0.1, 0.15) is 32.8 Å². The van der Waals surface area contributed by atoms with Gasteiger partial charge < -0.3 is 9.47 Å². The molecule has 0 saturated heterocycles. The molecule has 21 heavy (non-hydrogen) atoms. The molecular formula is C16H20BrNO3. The number of benzene rings is 1. The molecule has 1 aromatic carbocycles. The van der Waals surface area contributed by atoms with Crippen molar-refractivity contribution >= 4 is 33.3 Å². The number of halogens is 1. The summed E-state index contributed by atoms with van der Waals surface area (Å²) in [7, 11) is 1.60. The highest BCUT2D eigenvalue weighted by Gasteiger charge is 2.29. The minimum absolute atomic E-state index is 0.347. The minimum Gasteiger partial charge on any atom is -0.495 e. The predicted octanol–water partition coefficient (Wildman–Crippen LogP) is 4.62. The van der Waals surface area contributed by atoms with Crippen molar-refractivity contribution in [2.75, 3.05) is 18.6 Å². The number of carbonyl (C=O) groups excluding carboxylic acids is 1. The van der Waals surface area contributed by atoms with Crippen molar-refractivity contribution < 1.29 is 14.3 Å². The molecule has 2 rings (SSSR count). The molecule has 0 atom stereocenters. The van der Waals surface area contributed by atoms with Crippen LogP contribution in [-0.2, 0) is 4.74 Å². The van der Waals surface area contributed by atoms with Crippen LogP contribution in [0.5, 0.6) is 5.75 Å². The Kier molecular flexibility index (Phi) is 4.33. The lowest BCUT2D eigenvalue weighted by Crippen LogP contribution is -2.39. The minimum atomic E-state index is -0.523. The number of hydrogen-bond donors (Lipinski definition) is 0. The zero-order valence-electron chi connectivity index (χ0n) is 12.8. The van der Waals surface area contributed by atoms with Crippen LogP contribution in [0.2, 0.25) is 0 Å². The van der Waals surface area contributed by atoms with E-state index in [1.165, 1.54) is 0 Å². The quantitative estimate of drug-likeness (QED) is 0.739. The van der Waals surface area contributed by atoms with E-state index in [9.17, 15) is 4.79 Å². The molecule has 114 valence electrons. The standard InChI is InChI=1S/C16H20BrNO3/c1-10-6-7-18(15(19)21-16(2,3)4)13-9-14(20-5)12(17)8-11(10)13/h8-9H,1,6-7H2,2-5H3. The highest BCUT2D eigenvalue weighted by molar-refractivity contribution is 9.10. The summed E-state index contributed by atoms with van der Waals surface area (Å²) in [5.41, 5.74) is 2.21. The number of rotatable bonds is 1. The van der Waals surface area contributed by atoms with E-state index in [2.05, 4.69) is 22.5 Å². The van der Waals surface area contributed by atoms with Crippen molar-refractivity contribution in [2.45, 2.75) is 32.8 Å². The number of ether oxygens (including phenoxy) is 2. The molecule has 0 aliphatic carbocycles. The van der Waals surface area contributed by atoms with Crippen LogP contribution in [0.15, 0.2) is 23.2 Å². The zero-order valence-corrected chi connectivity index (χ0v) is 14.4. The van der Waals surface area contributed by atoms with E-state index in [-0.39, 0.29) is 6.09 Å². The van der Waals surface area contributed by atoms with Crippen LogP contribution in [0.4, 0.5) is 10.5 Å². The van der Waals surface area contributed by atoms with Gasteiger partial charge in [0, 0.05) is 18.2 Å². The first-order chi connectivity index (χ1) is 9.73. The van der Waals surface area contributed by atoms with Gasteiger partial charge in [-0.1, -0.05) is 6.58 Å². The summed E-state index contributed by atoms with van der Waals surface area (Å²) >= 11 is 3.47. The van der Waals surface area contributed by atoms with Crippen LogP contribution in [0.25, 0.3) is 5.57 Å². The normalized spacial score (nSPS) is 14.7. The van der Waals surface area contributed by atoms with Gasteiger partial charge >= 0.3 is 6.09 Å². The third-order valence-electron chi connectivity index (χ3n) is 3.19. The Morgan fingerprint density at radius 1 is 1.38 bits per heavy atom. The summed E-state index contributed by atoms with van der Waals surface area (Å²) in [5, 5.41) is 0. The summed E-state index contributed by atoms with van der Waals surface area (Å²) in [6.45, 7) is 10.2. The molecular weight excluding hydrogens is 334 g/mol. The van der Waals surface area contributed by atoms with E-state index in [1.54, 1.807) is 12.0 Å². The maximum atomic E-state index is 12.4. The maximum absolute atomic E-state index is 12.4. The first-order valence-electron chi connectivity index (χ1n) is 6.79. The lowest BCUT2D eigenvalue weighted by Gasteiger charge is -2.33. The van der Waals surface area contributed by atoms with Gasteiger partial charge in [-0.25, -0.2) is 4.79 Å². The molecule has 1 aromatic rings. The third kappa shape index (κ3) is 3.40. The highest BCUT2D eigenvalue weighted by atomic mass is 79.9. The average molecular weight is 354 g/mol. The molecule has 1 aliphatic heterocycles. The molecule has 1 amide bonds. The molecule has 0 unspecified atom stereocenters. The molecule has 4 nitrogen and oxygen atoms in total. The van der Waals surface area contributed by atoms with Gasteiger partial charge in [-0.05, 0) is 54.8 Å². The summed E-state index contributed by atoms with van der Waals surface area (Å²) in [4.78, 5) is 14.0. The molecule has 0 spiro atoms. The average Bonchev–Trinajstić information content (AvgIpc) is 2.37. The Hall–Kier alpha value is -1.49. The number of amides is 1. The Morgan fingerprint density at radius 3 is 2.62 bits per heavy atom. The Morgan fingerprint density at radius 2 is 2.05 bits per heavy atom. The van der Waals surface area contributed by atoms with Gasteiger partial charge in [0.05, 0.1) is 17.3 Å². The summed E-state index contributed by atoms with van der Waals surface area (Å²) in [6.07, 6.45) is 0.381. The Bertz CT molecular complexity index is 590. The number of nitrogens with zero attached hydrogens (tertiary/aromatic N) is 1. The lowest BCUT2D eigenvalue weighted by atomic mass is 9.97. The van der Waals surface area contributed by atoms with E-state index < -0.39 is 5.60 Å². The first-order valence-corrected chi connectivity index (χ1v) is 7.58. The van der Waals surface area contributed by atoms with Crippen molar-refractivity contribution in [2.24, 2.45) is 0 Å². The van der Waals surface area contributed by atoms with E-state index in [1.807, 2.05) is 32.9 Å². The molecule has 0 fully saturated rings. The highest BCUT2D eigenvalue weighted by Crippen LogP contribution is 2.40. The summed E-state index contributed by atoms with van der Waals surface area (Å²) in [5.74, 6) is 0.678. The second-order valence-corrected chi connectivity index (χ2v) is 6.84. The topological polar surface area (TPSA) is 38.8 Å². The van der Waals surface area contributed by atoms with Gasteiger partial charge in [0.15, 0.2) is 0 Å². The first kappa shape index (κ1) is 15.9. The Labute approximate surface area is 133 Å². The number of anilines is 1. The fourth-order valence-electron chi connectivity index (χ4n) is 2.21. The maximum Gasteiger partial charge on any atom is 0.414 e. The molecule has 0 saturated carbocycles. The smallest absolute Gasteiger partial charge is 0.414 e. The fraction of sp³-hybridized carbons (Fsp3) is 0.438. The van der Waals surface area contributed by atoms with E-state index in [0.717, 1.165) is 27.7 Å². The largest absolute Gasteiger partial charge is 0.495 e. The van der Waals surface area contributed by atoms with Crippen LogP contribution in [0, 0.1) is 0 Å². The molecule has 0 aromatic heterocycles. The van der Waals surface area contributed by atoms with Crippen LogP contribution >= 0.6 is 15.9 Å². The van der Waals surface area contributed by atoms with Gasteiger partial charge in [-0.2, -0.15) is 0 Å². The second-order valence-electron chi connectivity index (χ2n) is 5.99. The summed E-state index contributed by atoms with van der Waals surface area (Å²) < 4.78 is 11.6. The molecule has 0 radical (unpaired) electrons. The van der Waals surface area contributed by atoms with Crippen molar-refractivity contribution in [3.8, 4) is 5.75 Å². The van der Waals surface area contributed by atoms with E-state index >= 15 is 0 Å². The van der Waals surface area contributed by atoms with Gasteiger partial charge in [0.25, 0.3) is 0 Å². The van der Waals surface area contributed by atoms with Gasteiger partial charge in [0.2, 0.25) is 0 Å². The van der Waals surface area contributed by atoms with E-state index in [0.29, 0.717) is 12.3 Å². The van der Waals surface area contributed by atoms with Crippen molar-refractivity contribution in [1.29, 1.82) is 0 Å². The molecule has 0 bridgehead atoms. The van der Waals surface area contributed by atoms with Gasteiger partial charge in [-0.15, -0.1) is 0 Å². The van der Waals surface area contributed by atoms with Crippen LogP contribution < -0.4 is 9.64 Å². The predicted molar refractivity (Wildman–Crippen MR) is 87.9 cm³/mol. The number of fused-ring (bicyclic) bond motifs is 1. The van der Waals surface area contributed by atoms with E-state index in [4.69, 9.17) is 9.47 Å². The van der Waals surface area contributed by atoms with Crippen LogP contribution in [-0.4, -0.2) is 25.3 Å². The monoisotopic (exact) mass is 353 g/mol. The number of carbonyl (C=O) groups is 1. The summed E-state index contributed by atoms with van der Waals surface area (Å²) in [6, 6.07) is 3.78. The number of hydrogen-bond acceptors (Lipinski definition) is 3. The lowest BCUT2D eigenvalue weighted by molar-refractivity contribution is 0.0580. The molecule has 1 aliphatic rings. The van der Waals surface area contributed by atoms with Crippen molar-refractivity contribution in [3.05, 3.63) is 28.7 Å². The molecule has 1 heterocycles. The third-order valence-corrected chi connectivity index (χ3v) is 3.81. The van der Waals surface area contributed by atoms with Gasteiger partial charge in [-0.3, -0.25) is 4.90 Å². The Balaban J connectivity index is 2.43. The SMILES string of the molecule is C=C1CCN(C(=O)OC(C)(C)C)c2cc(OC)c(Br)cc21. The van der Waals surface area contributed by atoms with Crippen molar-refractivity contribution in [1.82, 2.24) is 0 Å². The second kappa shape index (κ2) is 5.72. The molecule has 5 heteroatoms. The number of methoxy groups -OCH3 is 1. The van der Waals surface area contributed by atoms with Crippen LogP contribution in [0.3, 0.4) is 0 Å².